The normalized spacial score (nSPS) is 26.2. The zero-order valence-electron chi connectivity index (χ0n) is 15.3. The number of likely N-dealkylation sites (tertiary alicyclic amines) is 1. The molecule has 0 bridgehead atoms. The van der Waals surface area contributed by atoms with Crippen LogP contribution in [-0.4, -0.2) is 47.7 Å². The standard InChI is InChI=1S/C20H28N2O4/c1-26-18-11-14(8-9-17(18)23)20(25)21-12-15-5-2-3-6-16(15)13-22-10-4-7-19(22)24/h2-3,5-6,14,17-18,23H,4,7-13H2,1H3,(H,21,25)/t14-,17+,18-/m1/s1. The number of ether oxygens (including phenoxy) is 1. The van der Waals surface area contributed by atoms with Gasteiger partial charge in [0, 0.05) is 39.1 Å². The third kappa shape index (κ3) is 4.43. The molecule has 1 aromatic rings. The number of nitrogens with zero attached hydrogens (tertiary/aromatic N) is 1. The van der Waals surface area contributed by atoms with E-state index < -0.39 is 6.10 Å². The zero-order chi connectivity index (χ0) is 18.5. The Bertz CT molecular complexity index is 648. The van der Waals surface area contributed by atoms with E-state index in [1.807, 2.05) is 29.2 Å². The van der Waals surface area contributed by atoms with Gasteiger partial charge in [0.25, 0.3) is 0 Å². The van der Waals surface area contributed by atoms with Gasteiger partial charge in [0.05, 0.1) is 12.2 Å². The fourth-order valence-corrected chi connectivity index (χ4v) is 3.89. The quantitative estimate of drug-likeness (QED) is 0.808. The lowest BCUT2D eigenvalue weighted by molar-refractivity contribution is -0.130. The molecule has 6 heteroatoms. The number of methoxy groups -OCH3 is 1. The summed E-state index contributed by atoms with van der Waals surface area (Å²) in [6.07, 6.45) is 2.61. The van der Waals surface area contributed by atoms with Crippen LogP contribution in [0.5, 0.6) is 0 Å². The third-order valence-corrected chi connectivity index (χ3v) is 5.53. The van der Waals surface area contributed by atoms with Crippen molar-refractivity contribution in [2.24, 2.45) is 5.92 Å². The molecule has 2 N–H and O–H groups in total. The molecule has 1 aliphatic carbocycles. The van der Waals surface area contributed by atoms with Crippen molar-refractivity contribution in [3.05, 3.63) is 35.4 Å². The Hall–Kier alpha value is -1.92. The first-order valence-corrected chi connectivity index (χ1v) is 9.41. The molecular formula is C20H28N2O4. The number of amides is 2. The molecule has 0 spiro atoms. The highest BCUT2D eigenvalue weighted by Crippen LogP contribution is 2.27. The third-order valence-electron chi connectivity index (χ3n) is 5.53. The Morgan fingerprint density at radius 3 is 2.77 bits per heavy atom. The van der Waals surface area contributed by atoms with Gasteiger partial charge in [-0.2, -0.15) is 0 Å². The zero-order valence-corrected chi connectivity index (χ0v) is 15.3. The molecule has 0 aromatic heterocycles. The van der Waals surface area contributed by atoms with Crippen LogP contribution in [0.15, 0.2) is 24.3 Å². The van der Waals surface area contributed by atoms with Crippen molar-refractivity contribution < 1.29 is 19.4 Å². The van der Waals surface area contributed by atoms with Crippen molar-refractivity contribution in [1.82, 2.24) is 10.2 Å². The Labute approximate surface area is 154 Å². The Kier molecular flexibility index (Phi) is 6.27. The Morgan fingerprint density at radius 2 is 2.08 bits per heavy atom. The van der Waals surface area contributed by atoms with Gasteiger partial charge in [-0.3, -0.25) is 9.59 Å². The van der Waals surface area contributed by atoms with Crippen molar-refractivity contribution in [3.8, 4) is 0 Å². The van der Waals surface area contributed by atoms with Gasteiger partial charge in [-0.25, -0.2) is 0 Å². The number of hydrogen-bond donors (Lipinski definition) is 2. The molecular weight excluding hydrogens is 332 g/mol. The Morgan fingerprint density at radius 1 is 1.31 bits per heavy atom. The molecule has 3 rings (SSSR count). The van der Waals surface area contributed by atoms with Crippen LogP contribution in [0.2, 0.25) is 0 Å². The van der Waals surface area contributed by atoms with Gasteiger partial charge in [-0.1, -0.05) is 24.3 Å². The maximum absolute atomic E-state index is 12.5. The first kappa shape index (κ1) is 18.9. The highest BCUT2D eigenvalue weighted by molar-refractivity contribution is 5.79. The minimum atomic E-state index is -0.484. The first-order valence-electron chi connectivity index (χ1n) is 9.41. The second-order valence-electron chi connectivity index (χ2n) is 7.26. The highest BCUT2D eigenvalue weighted by Gasteiger charge is 2.32. The van der Waals surface area contributed by atoms with Crippen LogP contribution in [-0.2, 0) is 27.4 Å². The molecule has 1 saturated heterocycles. The Balaban J connectivity index is 1.57. The van der Waals surface area contributed by atoms with Crippen LogP contribution in [0.1, 0.15) is 43.2 Å². The van der Waals surface area contributed by atoms with Gasteiger partial charge in [0.15, 0.2) is 0 Å². The lowest BCUT2D eigenvalue weighted by Gasteiger charge is -2.31. The van der Waals surface area contributed by atoms with E-state index in [0.717, 1.165) is 24.1 Å². The molecule has 6 nitrogen and oxygen atoms in total. The molecule has 2 amide bonds. The number of nitrogens with one attached hydrogen (secondary N) is 1. The van der Waals surface area contributed by atoms with Crippen molar-refractivity contribution >= 4 is 11.8 Å². The van der Waals surface area contributed by atoms with E-state index in [9.17, 15) is 14.7 Å². The fourth-order valence-electron chi connectivity index (χ4n) is 3.89. The van der Waals surface area contributed by atoms with E-state index >= 15 is 0 Å². The van der Waals surface area contributed by atoms with E-state index in [4.69, 9.17) is 4.74 Å². The van der Waals surface area contributed by atoms with Crippen molar-refractivity contribution in [2.75, 3.05) is 13.7 Å². The van der Waals surface area contributed by atoms with E-state index in [1.165, 1.54) is 0 Å². The van der Waals surface area contributed by atoms with Crippen LogP contribution in [0, 0.1) is 5.92 Å². The number of hydrogen-bond acceptors (Lipinski definition) is 4. The summed E-state index contributed by atoms with van der Waals surface area (Å²) in [5.41, 5.74) is 2.12. The summed E-state index contributed by atoms with van der Waals surface area (Å²) in [7, 11) is 1.57. The van der Waals surface area contributed by atoms with Crippen LogP contribution >= 0.6 is 0 Å². The van der Waals surface area contributed by atoms with Crippen LogP contribution in [0.25, 0.3) is 0 Å². The van der Waals surface area contributed by atoms with Gasteiger partial charge < -0.3 is 20.1 Å². The number of rotatable bonds is 6. The van der Waals surface area contributed by atoms with Crippen LogP contribution < -0.4 is 5.32 Å². The summed E-state index contributed by atoms with van der Waals surface area (Å²) < 4.78 is 5.28. The van der Waals surface area contributed by atoms with E-state index in [1.54, 1.807) is 7.11 Å². The SMILES string of the molecule is CO[C@@H]1C[C@H](C(=O)NCc2ccccc2CN2CCCC2=O)CC[C@@H]1O. The molecule has 2 fully saturated rings. The van der Waals surface area contributed by atoms with Gasteiger partial charge in [0.2, 0.25) is 11.8 Å². The summed E-state index contributed by atoms with van der Waals surface area (Å²) in [5, 5.41) is 12.9. The van der Waals surface area contributed by atoms with E-state index in [0.29, 0.717) is 38.8 Å². The first-order chi connectivity index (χ1) is 12.6. The predicted molar refractivity (Wildman–Crippen MR) is 97.1 cm³/mol. The summed E-state index contributed by atoms with van der Waals surface area (Å²) in [6, 6.07) is 7.94. The smallest absolute Gasteiger partial charge is 0.223 e. The maximum atomic E-state index is 12.5. The molecule has 1 aliphatic heterocycles. The maximum Gasteiger partial charge on any atom is 0.223 e. The molecule has 0 unspecified atom stereocenters. The fraction of sp³-hybridized carbons (Fsp3) is 0.600. The molecule has 142 valence electrons. The molecule has 1 saturated carbocycles. The molecule has 26 heavy (non-hydrogen) atoms. The molecule has 1 aromatic carbocycles. The average molecular weight is 360 g/mol. The lowest BCUT2D eigenvalue weighted by Crippen LogP contribution is -2.41. The van der Waals surface area contributed by atoms with Crippen molar-refractivity contribution in [3.63, 3.8) is 0 Å². The number of benzene rings is 1. The summed E-state index contributed by atoms with van der Waals surface area (Å²) >= 11 is 0. The molecule has 1 heterocycles. The molecule has 3 atom stereocenters. The second-order valence-corrected chi connectivity index (χ2v) is 7.26. The van der Waals surface area contributed by atoms with Crippen molar-refractivity contribution in [2.45, 2.75) is 57.4 Å². The van der Waals surface area contributed by atoms with Gasteiger partial charge in [-0.05, 0) is 36.8 Å². The average Bonchev–Trinajstić information content (AvgIpc) is 3.06. The number of aliphatic hydroxyl groups is 1. The van der Waals surface area contributed by atoms with E-state index in [2.05, 4.69) is 5.32 Å². The predicted octanol–water partition coefficient (Wildman–Crippen LogP) is 1.60. The number of carbonyl (C=O) groups excluding carboxylic acids is 2. The van der Waals surface area contributed by atoms with Gasteiger partial charge in [0.1, 0.15) is 0 Å². The topological polar surface area (TPSA) is 78.9 Å². The molecule has 2 aliphatic rings. The molecule has 0 radical (unpaired) electrons. The summed E-state index contributed by atoms with van der Waals surface area (Å²) in [6.45, 7) is 1.86. The van der Waals surface area contributed by atoms with E-state index in [-0.39, 0.29) is 23.8 Å². The minimum absolute atomic E-state index is 0.00556. The van der Waals surface area contributed by atoms with Crippen molar-refractivity contribution in [1.29, 1.82) is 0 Å². The van der Waals surface area contributed by atoms with Gasteiger partial charge in [-0.15, -0.1) is 0 Å². The summed E-state index contributed by atoms with van der Waals surface area (Å²) in [4.78, 5) is 26.3. The minimum Gasteiger partial charge on any atom is -0.390 e. The van der Waals surface area contributed by atoms with Gasteiger partial charge >= 0.3 is 0 Å². The van der Waals surface area contributed by atoms with Crippen LogP contribution in [0.3, 0.4) is 0 Å². The highest BCUT2D eigenvalue weighted by atomic mass is 16.5. The largest absolute Gasteiger partial charge is 0.390 e. The number of aliphatic hydroxyl groups excluding tert-OH is 1. The second kappa shape index (κ2) is 8.64. The lowest BCUT2D eigenvalue weighted by atomic mass is 9.84. The number of carbonyl (C=O) groups is 2. The summed E-state index contributed by atoms with van der Waals surface area (Å²) in [5.74, 6) is 0.0804. The van der Waals surface area contributed by atoms with Crippen LogP contribution in [0.4, 0.5) is 0 Å². The monoisotopic (exact) mass is 360 g/mol.